The molecule has 1 atom stereocenters. The first-order valence-electron chi connectivity index (χ1n) is 13.3. The summed E-state index contributed by atoms with van der Waals surface area (Å²) in [6, 6.07) is 14.4. The predicted molar refractivity (Wildman–Crippen MR) is 149 cm³/mol. The van der Waals surface area contributed by atoms with Gasteiger partial charge >= 0.3 is 0 Å². The molecule has 0 saturated heterocycles. The number of rotatable bonds is 11. The largest absolute Gasteiger partial charge is 0.352 e. The summed E-state index contributed by atoms with van der Waals surface area (Å²) >= 11 is 0. The van der Waals surface area contributed by atoms with Gasteiger partial charge in [0.1, 0.15) is 12.6 Å². The molecule has 0 bridgehead atoms. The summed E-state index contributed by atoms with van der Waals surface area (Å²) in [6.07, 6.45) is 7.63. The van der Waals surface area contributed by atoms with Gasteiger partial charge < -0.3 is 10.2 Å². The highest BCUT2D eigenvalue weighted by Gasteiger charge is 2.33. The molecule has 0 spiro atoms. The van der Waals surface area contributed by atoms with Gasteiger partial charge in [0.25, 0.3) is 0 Å². The highest BCUT2D eigenvalue weighted by molar-refractivity contribution is 7.92. The van der Waals surface area contributed by atoms with Crippen molar-refractivity contribution in [1.82, 2.24) is 10.2 Å². The van der Waals surface area contributed by atoms with Gasteiger partial charge in [0, 0.05) is 12.6 Å². The number of carbonyl (C=O) groups excluding carboxylic acids is 2. The minimum atomic E-state index is -3.74. The first-order valence-corrected chi connectivity index (χ1v) is 15.2. The van der Waals surface area contributed by atoms with Crippen LogP contribution in [0.2, 0.25) is 0 Å². The molecule has 8 heteroatoms. The zero-order chi connectivity index (χ0) is 27.0. The van der Waals surface area contributed by atoms with Gasteiger partial charge in [-0.2, -0.15) is 0 Å². The Balaban J connectivity index is 1.91. The zero-order valence-electron chi connectivity index (χ0n) is 22.6. The number of nitrogens with zero attached hydrogens (tertiary/aromatic N) is 2. The molecule has 2 aromatic rings. The average Bonchev–Trinajstić information content (AvgIpc) is 2.88. The van der Waals surface area contributed by atoms with Crippen LogP contribution in [-0.4, -0.2) is 50.0 Å². The number of amides is 2. The van der Waals surface area contributed by atoms with Gasteiger partial charge in [-0.3, -0.25) is 13.9 Å². The fraction of sp³-hybridized carbons (Fsp3) is 0.517. The van der Waals surface area contributed by atoms with E-state index >= 15 is 0 Å². The molecule has 37 heavy (non-hydrogen) atoms. The predicted octanol–water partition coefficient (Wildman–Crippen LogP) is 4.58. The summed E-state index contributed by atoms with van der Waals surface area (Å²) < 4.78 is 26.7. The number of hydrogen-bond acceptors (Lipinski definition) is 4. The van der Waals surface area contributed by atoms with Crippen molar-refractivity contribution in [1.29, 1.82) is 0 Å². The van der Waals surface area contributed by atoms with Crippen LogP contribution in [0.4, 0.5) is 5.69 Å². The van der Waals surface area contributed by atoms with E-state index in [-0.39, 0.29) is 25.0 Å². The Morgan fingerprint density at radius 1 is 1.00 bits per heavy atom. The Morgan fingerprint density at radius 3 is 2.22 bits per heavy atom. The van der Waals surface area contributed by atoms with Crippen molar-refractivity contribution >= 4 is 27.5 Å². The van der Waals surface area contributed by atoms with Crippen LogP contribution in [0.15, 0.2) is 48.5 Å². The highest BCUT2D eigenvalue weighted by atomic mass is 32.2. The van der Waals surface area contributed by atoms with Crippen LogP contribution >= 0.6 is 0 Å². The second-order valence-corrected chi connectivity index (χ2v) is 11.9. The molecular formula is C29H41N3O4S. The summed E-state index contributed by atoms with van der Waals surface area (Å²) in [5, 5.41) is 3.17. The Hall–Kier alpha value is -2.87. The zero-order valence-corrected chi connectivity index (χ0v) is 23.4. The SMILES string of the molecule is CCc1ccc(N(CC(=O)N(Cc2ccccc2C)[C@H](CC)C(=O)NC2CCCCC2)S(C)(=O)=O)cc1. The van der Waals surface area contributed by atoms with Crippen LogP contribution in [-0.2, 0) is 32.6 Å². The van der Waals surface area contributed by atoms with Crippen molar-refractivity contribution in [3.63, 3.8) is 0 Å². The summed E-state index contributed by atoms with van der Waals surface area (Å²) in [7, 11) is -3.74. The molecule has 2 amide bonds. The smallest absolute Gasteiger partial charge is 0.244 e. The van der Waals surface area contributed by atoms with E-state index < -0.39 is 22.0 Å². The van der Waals surface area contributed by atoms with Crippen molar-refractivity contribution in [3.8, 4) is 0 Å². The van der Waals surface area contributed by atoms with Gasteiger partial charge in [-0.15, -0.1) is 0 Å². The van der Waals surface area contributed by atoms with Crippen LogP contribution in [0.3, 0.4) is 0 Å². The summed E-state index contributed by atoms with van der Waals surface area (Å²) in [6.45, 7) is 5.75. The van der Waals surface area contributed by atoms with E-state index in [0.717, 1.165) is 59.4 Å². The van der Waals surface area contributed by atoms with Crippen molar-refractivity contribution < 1.29 is 18.0 Å². The lowest BCUT2D eigenvalue weighted by Crippen LogP contribution is -2.54. The maximum atomic E-state index is 13.8. The quantitative estimate of drug-likeness (QED) is 0.463. The number of benzene rings is 2. The number of nitrogens with one attached hydrogen (secondary N) is 1. The van der Waals surface area contributed by atoms with E-state index in [4.69, 9.17) is 0 Å². The third-order valence-electron chi connectivity index (χ3n) is 7.25. The van der Waals surface area contributed by atoms with E-state index in [1.807, 2.05) is 57.2 Å². The second-order valence-electron chi connectivity index (χ2n) is 10.0. The molecule has 2 aromatic carbocycles. The Morgan fingerprint density at radius 2 is 1.65 bits per heavy atom. The van der Waals surface area contributed by atoms with Gasteiger partial charge in [0.15, 0.2) is 0 Å². The molecule has 202 valence electrons. The summed E-state index contributed by atoms with van der Waals surface area (Å²) in [4.78, 5) is 28.9. The van der Waals surface area contributed by atoms with Crippen LogP contribution in [0.1, 0.15) is 69.1 Å². The molecule has 1 fully saturated rings. The number of carbonyl (C=O) groups is 2. The number of anilines is 1. The maximum absolute atomic E-state index is 13.8. The van der Waals surface area contributed by atoms with Crippen molar-refractivity contribution in [2.24, 2.45) is 0 Å². The number of hydrogen-bond donors (Lipinski definition) is 1. The molecule has 0 aliphatic heterocycles. The molecule has 7 nitrogen and oxygen atoms in total. The van der Waals surface area contributed by atoms with E-state index in [1.54, 1.807) is 17.0 Å². The third kappa shape index (κ3) is 7.81. The van der Waals surface area contributed by atoms with E-state index in [9.17, 15) is 18.0 Å². The Labute approximate surface area is 222 Å². The van der Waals surface area contributed by atoms with Gasteiger partial charge in [-0.25, -0.2) is 8.42 Å². The first kappa shape index (κ1) is 28.7. The molecule has 0 aromatic heterocycles. The fourth-order valence-electron chi connectivity index (χ4n) is 4.95. The lowest BCUT2D eigenvalue weighted by molar-refractivity contribution is -0.140. The molecule has 0 heterocycles. The molecule has 1 saturated carbocycles. The molecule has 1 aliphatic rings. The summed E-state index contributed by atoms with van der Waals surface area (Å²) in [5.41, 5.74) is 3.45. The molecule has 1 N–H and O–H groups in total. The van der Waals surface area contributed by atoms with Crippen molar-refractivity contribution in [2.75, 3.05) is 17.1 Å². The third-order valence-corrected chi connectivity index (χ3v) is 8.39. The topological polar surface area (TPSA) is 86.8 Å². The Bertz CT molecular complexity index is 1160. The molecule has 0 unspecified atom stereocenters. The fourth-order valence-corrected chi connectivity index (χ4v) is 5.80. The molecule has 0 radical (unpaired) electrons. The van der Waals surface area contributed by atoms with E-state index in [2.05, 4.69) is 5.32 Å². The van der Waals surface area contributed by atoms with Crippen molar-refractivity contribution in [2.45, 2.75) is 84.3 Å². The monoisotopic (exact) mass is 527 g/mol. The van der Waals surface area contributed by atoms with Gasteiger partial charge in [-0.05, 0) is 61.4 Å². The summed E-state index contributed by atoms with van der Waals surface area (Å²) in [5.74, 6) is -0.576. The number of aryl methyl sites for hydroxylation is 2. The van der Waals surface area contributed by atoms with E-state index in [1.165, 1.54) is 6.42 Å². The standard InChI is InChI=1S/C29H41N3O4S/c1-5-23-16-18-26(19-17-23)32(37(4,35)36)21-28(33)31(20-24-13-11-10-12-22(24)3)27(6-2)29(34)30-25-14-8-7-9-15-25/h10-13,16-19,25,27H,5-9,14-15,20-21H2,1-4H3,(H,30,34)/t27-/m1/s1. The minimum Gasteiger partial charge on any atom is -0.352 e. The van der Waals surface area contributed by atoms with Gasteiger partial charge in [0.05, 0.1) is 11.9 Å². The van der Waals surface area contributed by atoms with Gasteiger partial charge in [0.2, 0.25) is 21.8 Å². The van der Waals surface area contributed by atoms with Gasteiger partial charge in [-0.1, -0.05) is 69.5 Å². The van der Waals surface area contributed by atoms with Crippen molar-refractivity contribution in [3.05, 3.63) is 65.2 Å². The molecule has 1 aliphatic carbocycles. The minimum absolute atomic E-state index is 0.121. The second kappa shape index (κ2) is 13.1. The normalized spacial score (nSPS) is 15.1. The van der Waals surface area contributed by atoms with Crippen LogP contribution in [0.25, 0.3) is 0 Å². The van der Waals surface area contributed by atoms with E-state index in [0.29, 0.717) is 12.1 Å². The average molecular weight is 528 g/mol. The molecule has 3 rings (SSSR count). The van der Waals surface area contributed by atoms with Crippen LogP contribution < -0.4 is 9.62 Å². The van der Waals surface area contributed by atoms with Crippen LogP contribution in [0, 0.1) is 6.92 Å². The lowest BCUT2D eigenvalue weighted by Gasteiger charge is -2.34. The first-order chi connectivity index (χ1) is 17.6. The molecular weight excluding hydrogens is 486 g/mol. The lowest BCUT2D eigenvalue weighted by atomic mass is 9.95. The maximum Gasteiger partial charge on any atom is 0.244 e. The number of sulfonamides is 1. The van der Waals surface area contributed by atoms with Crippen LogP contribution in [0.5, 0.6) is 0 Å². The highest BCUT2D eigenvalue weighted by Crippen LogP contribution is 2.22. The Kier molecular flexibility index (Phi) is 10.1.